The Morgan fingerprint density at radius 2 is 1.69 bits per heavy atom. The second-order valence-electron chi connectivity index (χ2n) is 12.5. The maximum absolute atomic E-state index is 13.6. The minimum Gasteiger partial charge on any atom is -0.491 e. The normalized spacial score (nSPS) is 22.6. The summed E-state index contributed by atoms with van der Waals surface area (Å²) in [6, 6.07) is 7.29. The second kappa shape index (κ2) is 13.0. The first-order valence-electron chi connectivity index (χ1n) is 15.3. The summed E-state index contributed by atoms with van der Waals surface area (Å²) in [5, 5.41) is 12.6. The minimum atomic E-state index is -6.04. The van der Waals surface area contributed by atoms with Crippen molar-refractivity contribution in [2.45, 2.75) is 83.2 Å². The number of hydrogen-bond donors (Lipinski definition) is 2. The van der Waals surface area contributed by atoms with Crippen LogP contribution in [-0.4, -0.2) is 82.9 Å². The van der Waals surface area contributed by atoms with Crippen LogP contribution in [0.25, 0.3) is 6.08 Å². The van der Waals surface area contributed by atoms with Crippen molar-refractivity contribution in [1.29, 1.82) is 0 Å². The van der Waals surface area contributed by atoms with Crippen LogP contribution in [-0.2, 0) is 20.7 Å². The molecule has 0 bridgehead atoms. The van der Waals surface area contributed by atoms with E-state index < -0.39 is 65.5 Å². The molecule has 2 N–H and O–H groups in total. The number of nitrogens with zero attached hydrogens (tertiary/aromatic N) is 3. The van der Waals surface area contributed by atoms with Crippen molar-refractivity contribution in [1.82, 2.24) is 15.1 Å². The number of benzene rings is 2. The van der Waals surface area contributed by atoms with E-state index in [2.05, 4.69) is 5.32 Å². The number of imide groups is 1. The first kappa shape index (κ1) is 36.6. The number of aliphatic hydroxyl groups is 1. The molecule has 0 radical (unpaired) electrons. The Hall–Kier alpha value is -4.27. The third kappa shape index (κ3) is 6.56. The average Bonchev–Trinajstić information content (AvgIpc) is 3.20. The zero-order chi connectivity index (χ0) is 36.0. The largest absolute Gasteiger partial charge is 0.491 e. The van der Waals surface area contributed by atoms with Crippen LogP contribution in [0.3, 0.4) is 0 Å². The van der Waals surface area contributed by atoms with Gasteiger partial charge in [-0.05, 0) is 76.9 Å². The van der Waals surface area contributed by atoms with Crippen molar-refractivity contribution in [3.8, 4) is 5.75 Å². The molecule has 4 amide bonds. The number of rotatable bonds is 8. The molecule has 2 aromatic carbocycles. The topological polar surface area (TPSA) is 102 Å². The number of carbonyl (C=O) groups is 3. The van der Waals surface area contributed by atoms with Gasteiger partial charge in [0.15, 0.2) is 0 Å². The highest BCUT2D eigenvalue weighted by Crippen LogP contribution is 2.50. The van der Waals surface area contributed by atoms with Gasteiger partial charge in [-0.15, -0.1) is 0 Å². The van der Waals surface area contributed by atoms with E-state index in [9.17, 15) is 45.8 Å². The molecule has 262 valence electrons. The Morgan fingerprint density at radius 3 is 2.27 bits per heavy atom. The van der Waals surface area contributed by atoms with Crippen LogP contribution in [0.2, 0.25) is 0 Å². The van der Waals surface area contributed by atoms with Crippen molar-refractivity contribution in [3.05, 3.63) is 65.2 Å². The number of piperazine rings is 1. The van der Waals surface area contributed by atoms with Crippen LogP contribution < -0.4 is 15.0 Å². The molecule has 0 aromatic heterocycles. The molecule has 2 aromatic rings. The quantitative estimate of drug-likeness (QED) is 0.273. The molecule has 2 aliphatic rings. The van der Waals surface area contributed by atoms with E-state index in [-0.39, 0.29) is 24.8 Å². The molecule has 0 spiro atoms. The first-order valence-corrected chi connectivity index (χ1v) is 15.3. The first-order chi connectivity index (χ1) is 22.1. The second-order valence-corrected chi connectivity index (χ2v) is 12.5. The Labute approximate surface area is 274 Å². The molecule has 2 heterocycles. The lowest BCUT2D eigenvalue weighted by atomic mass is 9.89. The number of nitrogens with one attached hydrogen (secondary N) is 1. The number of halogens is 6. The number of urea groups is 1. The number of anilines is 1. The number of hydrogen-bond acceptors (Lipinski definition) is 6. The molecule has 9 nitrogen and oxygen atoms in total. The maximum atomic E-state index is 13.6. The summed E-state index contributed by atoms with van der Waals surface area (Å²) in [7, 11) is 0. The Bertz CT molecular complexity index is 1580. The van der Waals surface area contributed by atoms with Gasteiger partial charge in [0.1, 0.15) is 17.8 Å². The fraction of sp³-hybridized carbons (Fsp3) is 0.485. The van der Waals surface area contributed by atoms with E-state index in [0.29, 0.717) is 29.1 Å². The molecule has 3 atom stereocenters. The summed E-state index contributed by atoms with van der Waals surface area (Å²) in [4.78, 5) is 44.1. The van der Waals surface area contributed by atoms with E-state index >= 15 is 0 Å². The zero-order valence-corrected chi connectivity index (χ0v) is 27.2. The van der Waals surface area contributed by atoms with Gasteiger partial charge in [-0.25, -0.2) is 4.79 Å². The standard InChI is InChI=1S/C33H38F6N4O5/c1-7-9-22-14-24(31(47,32(34,35)36)33(37,38)39)12-13-26(22)41-16-21(5)42(17-20(41)4)27(44)18-43-28(45)30(6,40-29(43)46)23-10-8-11-25(15-23)48-19(2)3/h7-15,19-21,47H,16-18H2,1-6H3,(H,40,46)/t20-,21+,30?/m0/s1. The highest BCUT2D eigenvalue weighted by molar-refractivity contribution is 6.09. The molecule has 0 aliphatic carbocycles. The van der Waals surface area contributed by atoms with E-state index in [1.807, 2.05) is 13.8 Å². The van der Waals surface area contributed by atoms with Crippen molar-refractivity contribution in [2.75, 3.05) is 24.5 Å². The van der Waals surface area contributed by atoms with E-state index in [0.717, 1.165) is 11.0 Å². The van der Waals surface area contributed by atoms with Gasteiger partial charge < -0.3 is 25.0 Å². The van der Waals surface area contributed by atoms with Crippen LogP contribution in [0, 0.1) is 0 Å². The molecule has 48 heavy (non-hydrogen) atoms. The van der Waals surface area contributed by atoms with Gasteiger partial charge in [-0.2, -0.15) is 26.3 Å². The van der Waals surface area contributed by atoms with Gasteiger partial charge >= 0.3 is 18.4 Å². The molecule has 4 rings (SSSR count). The van der Waals surface area contributed by atoms with E-state index in [1.165, 1.54) is 30.9 Å². The van der Waals surface area contributed by atoms with Crippen LogP contribution in [0.15, 0.2) is 48.5 Å². The molecule has 2 aliphatic heterocycles. The molecule has 1 unspecified atom stereocenters. The van der Waals surface area contributed by atoms with Crippen LogP contribution in [0.1, 0.15) is 58.2 Å². The number of amides is 4. The molecule has 2 fully saturated rings. The molecule has 2 saturated heterocycles. The monoisotopic (exact) mass is 684 g/mol. The Balaban J connectivity index is 1.54. The summed E-state index contributed by atoms with van der Waals surface area (Å²) in [5.74, 6) is -0.650. The number of ether oxygens (including phenoxy) is 1. The highest BCUT2D eigenvalue weighted by atomic mass is 19.4. The lowest BCUT2D eigenvalue weighted by Gasteiger charge is -2.46. The number of allylic oxidation sites excluding steroid dienone is 1. The summed E-state index contributed by atoms with van der Waals surface area (Å²) in [6.45, 7) is 9.83. The van der Waals surface area contributed by atoms with Crippen molar-refractivity contribution in [2.24, 2.45) is 0 Å². The van der Waals surface area contributed by atoms with Gasteiger partial charge in [-0.3, -0.25) is 14.5 Å². The van der Waals surface area contributed by atoms with Crippen molar-refractivity contribution >= 4 is 29.6 Å². The fourth-order valence-electron chi connectivity index (χ4n) is 6.07. The fourth-order valence-corrected chi connectivity index (χ4v) is 6.07. The van der Waals surface area contributed by atoms with Crippen molar-refractivity contribution in [3.63, 3.8) is 0 Å². The van der Waals surface area contributed by atoms with Crippen LogP contribution in [0.4, 0.5) is 36.8 Å². The van der Waals surface area contributed by atoms with E-state index in [4.69, 9.17) is 4.74 Å². The summed E-state index contributed by atoms with van der Waals surface area (Å²) >= 11 is 0. The Kier molecular flexibility index (Phi) is 9.88. The third-order valence-electron chi connectivity index (χ3n) is 8.58. The SMILES string of the molecule is CC=Cc1cc(C(O)(C(F)(F)F)C(F)(F)F)ccc1N1C[C@@H](C)N(C(=O)CN2C(=O)NC(C)(c3cccc(OC(C)C)c3)C2=O)C[C@@H]1C. The highest BCUT2D eigenvalue weighted by Gasteiger charge is 2.71. The third-order valence-corrected chi connectivity index (χ3v) is 8.58. The van der Waals surface area contributed by atoms with Gasteiger partial charge in [0.05, 0.1) is 6.10 Å². The minimum absolute atomic E-state index is 0.00207. The predicted molar refractivity (Wildman–Crippen MR) is 165 cm³/mol. The number of carbonyl (C=O) groups excluding carboxylic acids is 3. The number of alkyl halides is 6. The van der Waals surface area contributed by atoms with Crippen LogP contribution >= 0.6 is 0 Å². The van der Waals surface area contributed by atoms with Crippen molar-refractivity contribution < 1.29 is 50.6 Å². The lowest BCUT2D eigenvalue weighted by molar-refractivity contribution is -0.376. The van der Waals surface area contributed by atoms with Gasteiger partial charge in [0, 0.05) is 36.4 Å². The average molecular weight is 685 g/mol. The van der Waals surface area contributed by atoms with Crippen LogP contribution in [0.5, 0.6) is 5.75 Å². The molecular formula is C33H38F6N4O5. The van der Waals surface area contributed by atoms with Gasteiger partial charge in [0.2, 0.25) is 5.91 Å². The maximum Gasteiger partial charge on any atom is 0.430 e. The molecule has 0 saturated carbocycles. The predicted octanol–water partition coefficient (Wildman–Crippen LogP) is 5.71. The zero-order valence-electron chi connectivity index (χ0n) is 27.2. The van der Waals surface area contributed by atoms with Gasteiger partial charge in [0.25, 0.3) is 11.5 Å². The molecular weight excluding hydrogens is 646 g/mol. The lowest BCUT2D eigenvalue weighted by Crippen LogP contribution is -2.60. The summed E-state index contributed by atoms with van der Waals surface area (Å²) in [5.41, 5.74) is -7.15. The molecule has 15 heteroatoms. The smallest absolute Gasteiger partial charge is 0.430 e. The summed E-state index contributed by atoms with van der Waals surface area (Å²) < 4.78 is 87.2. The summed E-state index contributed by atoms with van der Waals surface area (Å²) in [6.07, 6.45) is -9.43. The van der Waals surface area contributed by atoms with Gasteiger partial charge in [-0.1, -0.05) is 30.4 Å². The van der Waals surface area contributed by atoms with E-state index in [1.54, 1.807) is 43.0 Å². The Morgan fingerprint density at radius 1 is 1.04 bits per heavy atom.